The molecule has 0 fully saturated rings. The number of nitrogens with one attached hydrogen (secondary N) is 1. The average molecular weight is 495 g/mol. The fourth-order valence-electron chi connectivity index (χ4n) is 2.26. The maximum absolute atomic E-state index is 5.90. The lowest BCUT2D eigenvalue weighted by Gasteiger charge is -2.14. The maximum Gasteiger partial charge on any atom is 0.203 e. The van der Waals surface area contributed by atoms with Crippen LogP contribution in [-0.4, -0.2) is 17.3 Å². The standard InChI is InChI=1S/C19H17Br2N3OS/c1-12(2)25-18-14(8-15(20)9-16(18)21)10-22-24-19-23-17(11-26-19)13-6-4-3-5-7-13/h3-12H,1-2H3,(H,23,24). The van der Waals surface area contributed by atoms with Crippen molar-refractivity contribution in [2.24, 2.45) is 5.10 Å². The first-order chi connectivity index (χ1) is 12.5. The Bertz CT molecular complexity index is 910. The van der Waals surface area contributed by atoms with Gasteiger partial charge in [0.1, 0.15) is 5.75 Å². The molecule has 0 unspecified atom stereocenters. The van der Waals surface area contributed by atoms with Crippen LogP contribution in [0.15, 0.2) is 61.9 Å². The SMILES string of the molecule is CC(C)Oc1c(Br)cc(Br)cc1C=NNc1nc(-c2ccccc2)cs1. The Morgan fingerprint density at radius 1 is 1.19 bits per heavy atom. The number of halogens is 2. The van der Waals surface area contributed by atoms with Crippen LogP contribution in [-0.2, 0) is 0 Å². The van der Waals surface area contributed by atoms with Crippen molar-refractivity contribution in [2.45, 2.75) is 20.0 Å². The highest BCUT2D eigenvalue weighted by molar-refractivity contribution is 9.11. The lowest BCUT2D eigenvalue weighted by Crippen LogP contribution is -2.08. The summed E-state index contributed by atoms with van der Waals surface area (Å²) in [7, 11) is 0. The number of ether oxygens (including phenoxy) is 1. The average Bonchev–Trinajstić information content (AvgIpc) is 3.07. The number of benzene rings is 2. The molecule has 0 aliphatic rings. The number of aromatic nitrogens is 1. The Kier molecular flexibility index (Phi) is 6.45. The normalized spacial score (nSPS) is 11.3. The van der Waals surface area contributed by atoms with Gasteiger partial charge in [-0.05, 0) is 41.9 Å². The number of thiazole rings is 1. The fourth-order valence-corrected chi connectivity index (χ4v) is 4.28. The number of hydrogen-bond donors (Lipinski definition) is 1. The minimum absolute atomic E-state index is 0.0694. The Hall–Kier alpha value is -1.70. The van der Waals surface area contributed by atoms with E-state index in [0.717, 1.165) is 36.6 Å². The number of nitrogens with zero attached hydrogens (tertiary/aromatic N) is 2. The summed E-state index contributed by atoms with van der Waals surface area (Å²) in [4.78, 5) is 4.56. The topological polar surface area (TPSA) is 46.5 Å². The molecule has 3 aromatic rings. The molecule has 0 saturated carbocycles. The third kappa shape index (κ3) is 4.93. The lowest BCUT2D eigenvalue weighted by atomic mass is 10.2. The fraction of sp³-hybridized carbons (Fsp3) is 0.158. The third-order valence-electron chi connectivity index (χ3n) is 3.33. The second-order valence-corrected chi connectivity index (χ2v) is 8.37. The van der Waals surface area contributed by atoms with E-state index in [9.17, 15) is 0 Å². The first kappa shape index (κ1) is 19.1. The lowest BCUT2D eigenvalue weighted by molar-refractivity contribution is 0.240. The van der Waals surface area contributed by atoms with E-state index in [1.165, 1.54) is 11.3 Å². The molecule has 3 rings (SSSR count). The van der Waals surface area contributed by atoms with Gasteiger partial charge in [0.05, 0.1) is 22.5 Å². The van der Waals surface area contributed by atoms with Crippen molar-refractivity contribution >= 4 is 54.5 Å². The van der Waals surface area contributed by atoms with Gasteiger partial charge >= 0.3 is 0 Å². The number of hydrogen-bond acceptors (Lipinski definition) is 5. The van der Waals surface area contributed by atoms with Crippen LogP contribution >= 0.6 is 43.2 Å². The van der Waals surface area contributed by atoms with Crippen LogP contribution < -0.4 is 10.2 Å². The minimum Gasteiger partial charge on any atom is -0.489 e. The Morgan fingerprint density at radius 3 is 2.69 bits per heavy atom. The van der Waals surface area contributed by atoms with Gasteiger partial charge in [-0.2, -0.15) is 5.10 Å². The summed E-state index contributed by atoms with van der Waals surface area (Å²) in [6, 6.07) is 14.0. The molecular weight excluding hydrogens is 478 g/mol. The molecule has 0 atom stereocenters. The molecule has 1 aromatic heterocycles. The Morgan fingerprint density at radius 2 is 1.96 bits per heavy atom. The molecule has 0 saturated heterocycles. The molecule has 2 aromatic carbocycles. The predicted molar refractivity (Wildman–Crippen MR) is 116 cm³/mol. The van der Waals surface area contributed by atoms with Crippen molar-refractivity contribution < 1.29 is 4.74 Å². The summed E-state index contributed by atoms with van der Waals surface area (Å²) in [5, 5.41) is 7.07. The van der Waals surface area contributed by atoms with Crippen LogP contribution in [0.3, 0.4) is 0 Å². The number of hydrazone groups is 1. The van der Waals surface area contributed by atoms with E-state index in [0.29, 0.717) is 0 Å². The minimum atomic E-state index is 0.0694. The molecule has 0 radical (unpaired) electrons. The monoisotopic (exact) mass is 493 g/mol. The first-order valence-corrected chi connectivity index (χ1v) is 10.4. The van der Waals surface area contributed by atoms with Crippen LogP contribution in [0.4, 0.5) is 5.13 Å². The quantitative estimate of drug-likeness (QED) is 0.311. The van der Waals surface area contributed by atoms with Crippen molar-refractivity contribution in [1.29, 1.82) is 0 Å². The molecule has 0 aliphatic heterocycles. The summed E-state index contributed by atoms with van der Waals surface area (Å²) >= 11 is 8.56. The van der Waals surface area contributed by atoms with Crippen LogP contribution in [0.2, 0.25) is 0 Å². The molecule has 7 heteroatoms. The Balaban J connectivity index is 1.76. The molecule has 0 spiro atoms. The zero-order chi connectivity index (χ0) is 18.5. The van der Waals surface area contributed by atoms with Gasteiger partial charge < -0.3 is 4.74 Å². The third-order valence-corrected chi connectivity index (χ3v) is 5.12. The molecule has 0 bridgehead atoms. The largest absolute Gasteiger partial charge is 0.489 e. The zero-order valence-electron chi connectivity index (χ0n) is 14.2. The van der Waals surface area contributed by atoms with Gasteiger partial charge in [0.25, 0.3) is 0 Å². The highest BCUT2D eigenvalue weighted by Crippen LogP contribution is 2.33. The van der Waals surface area contributed by atoms with Crippen molar-refractivity contribution in [2.75, 3.05) is 5.43 Å². The van der Waals surface area contributed by atoms with Crippen LogP contribution in [0.25, 0.3) is 11.3 Å². The second kappa shape index (κ2) is 8.79. The van der Waals surface area contributed by atoms with Crippen molar-refractivity contribution in [3.63, 3.8) is 0 Å². The summed E-state index contributed by atoms with van der Waals surface area (Å²) in [6.07, 6.45) is 1.80. The van der Waals surface area contributed by atoms with Crippen LogP contribution in [0.5, 0.6) is 5.75 Å². The van der Waals surface area contributed by atoms with Crippen molar-refractivity contribution in [1.82, 2.24) is 4.98 Å². The van der Waals surface area contributed by atoms with Gasteiger partial charge in [-0.15, -0.1) is 11.3 Å². The van der Waals surface area contributed by atoms with E-state index in [2.05, 4.69) is 47.4 Å². The van der Waals surface area contributed by atoms with Crippen molar-refractivity contribution in [3.8, 4) is 17.0 Å². The van der Waals surface area contributed by atoms with E-state index in [-0.39, 0.29) is 6.10 Å². The Labute approximate surface area is 173 Å². The highest BCUT2D eigenvalue weighted by atomic mass is 79.9. The van der Waals surface area contributed by atoms with E-state index < -0.39 is 0 Å². The van der Waals surface area contributed by atoms with Gasteiger partial charge in [0.15, 0.2) is 0 Å². The maximum atomic E-state index is 5.90. The predicted octanol–water partition coefficient (Wildman–Crippen LogP) is 6.57. The first-order valence-electron chi connectivity index (χ1n) is 7.98. The van der Waals surface area contributed by atoms with Gasteiger partial charge in [0.2, 0.25) is 5.13 Å². The van der Waals surface area contributed by atoms with E-state index in [1.807, 2.05) is 61.7 Å². The molecule has 1 heterocycles. The molecule has 0 aliphatic carbocycles. The highest BCUT2D eigenvalue weighted by Gasteiger charge is 2.11. The van der Waals surface area contributed by atoms with Crippen LogP contribution in [0.1, 0.15) is 19.4 Å². The van der Waals surface area contributed by atoms with E-state index >= 15 is 0 Å². The zero-order valence-corrected chi connectivity index (χ0v) is 18.2. The summed E-state index contributed by atoms with van der Waals surface area (Å²) in [6.45, 7) is 3.99. The molecule has 4 nitrogen and oxygen atoms in total. The van der Waals surface area contributed by atoms with Gasteiger partial charge in [-0.25, -0.2) is 4.98 Å². The molecule has 134 valence electrons. The van der Waals surface area contributed by atoms with Crippen molar-refractivity contribution in [3.05, 3.63) is 62.4 Å². The number of anilines is 1. The van der Waals surface area contributed by atoms with Gasteiger partial charge in [-0.3, -0.25) is 5.43 Å². The van der Waals surface area contributed by atoms with E-state index in [1.54, 1.807) is 6.21 Å². The molecule has 0 amide bonds. The second-order valence-electron chi connectivity index (χ2n) is 5.75. The van der Waals surface area contributed by atoms with Crippen LogP contribution in [0, 0.1) is 0 Å². The summed E-state index contributed by atoms with van der Waals surface area (Å²) in [5.74, 6) is 0.762. The molecular formula is C19H17Br2N3OS. The van der Waals surface area contributed by atoms with E-state index in [4.69, 9.17) is 4.74 Å². The summed E-state index contributed by atoms with van der Waals surface area (Å²) in [5.41, 5.74) is 5.88. The van der Waals surface area contributed by atoms with Gasteiger partial charge in [-0.1, -0.05) is 46.3 Å². The smallest absolute Gasteiger partial charge is 0.203 e. The molecule has 26 heavy (non-hydrogen) atoms. The summed E-state index contributed by atoms with van der Waals surface area (Å²) < 4.78 is 7.72. The number of rotatable bonds is 6. The van der Waals surface area contributed by atoms with Gasteiger partial charge in [0, 0.05) is 21.0 Å². The molecule has 1 N–H and O–H groups in total.